The lowest BCUT2D eigenvalue weighted by molar-refractivity contribution is -0.0363. The summed E-state index contributed by atoms with van der Waals surface area (Å²) in [5, 5.41) is 4.77. The van der Waals surface area contributed by atoms with Crippen LogP contribution in [0.25, 0.3) is 0 Å². The maximum Gasteiger partial charge on any atom is 0.0873 e. The molecule has 2 rings (SSSR count). The molecular weight excluding hydrogens is 281 g/mol. The van der Waals surface area contributed by atoms with Crippen molar-refractivity contribution in [1.29, 1.82) is 0 Å². The monoisotopic (exact) mass is 301 g/mol. The molecule has 19 heavy (non-hydrogen) atoms. The fourth-order valence-electron chi connectivity index (χ4n) is 3.11. The van der Waals surface area contributed by atoms with Gasteiger partial charge in [0.25, 0.3) is 0 Å². The quantitative estimate of drug-likeness (QED) is 0.858. The van der Waals surface area contributed by atoms with E-state index in [1.165, 1.54) is 12.8 Å². The number of likely N-dealkylation sites (N-methyl/N-ethyl adjacent to an activating group) is 1. The molecule has 4 heteroatoms. The van der Waals surface area contributed by atoms with E-state index < -0.39 is 0 Å². The van der Waals surface area contributed by atoms with Crippen molar-refractivity contribution in [2.75, 3.05) is 13.7 Å². The van der Waals surface area contributed by atoms with Crippen LogP contribution in [0, 0.1) is 0 Å². The van der Waals surface area contributed by atoms with Crippen molar-refractivity contribution in [1.82, 2.24) is 5.32 Å². The molecule has 0 radical (unpaired) electrons. The van der Waals surface area contributed by atoms with Crippen LogP contribution in [0.1, 0.15) is 44.2 Å². The van der Waals surface area contributed by atoms with Crippen LogP contribution in [0.15, 0.2) is 18.2 Å². The Labute approximate surface area is 125 Å². The molecule has 1 aliphatic rings. The van der Waals surface area contributed by atoms with Gasteiger partial charge < -0.3 is 10.1 Å². The second-order valence-electron chi connectivity index (χ2n) is 5.11. The van der Waals surface area contributed by atoms with Gasteiger partial charge in [-0.3, -0.25) is 0 Å². The van der Waals surface area contributed by atoms with E-state index in [0.717, 1.165) is 24.9 Å². The van der Waals surface area contributed by atoms with Crippen LogP contribution in [0.3, 0.4) is 0 Å². The summed E-state index contributed by atoms with van der Waals surface area (Å²) < 4.78 is 5.90. The number of halogens is 2. The standard InChI is InChI=1S/C15H21Cl2NO/c1-3-18-14(15(19-2)9-4-5-10-15)11-7-6-8-12(16)13(11)17/h6-8,14,18H,3-5,9-10H2,1-2H3. The summed E-state index contributed by atoms with van der Waals surface area (Å²) in [4.78, 5) is 0. The predicted octanol–water partition coefficient (Wildman–Crippen LogP) is 4.60. The first-order chi connectivity index (χ1) is 9.14. The molecule has 1 fully saturated rings. The minimum absolute atomic E-state index is 0.0937. The van der Waals surface area contributed by atoms with Crippen molar-refractivity contribution in [2.45, 2.75) is 44.2 Å². The molecule has 0 saturated heterocycles. The zero-order valence-electron chi connectivity index (χ0n) is 11.5. The van der Waals surface area contributed by atoms with E-state index in [1.807, 2.05) is 18.2 Å². The summed E-state index contributed by atoms with van der Waals surface area (Å²) in [5.74, 6) is 0. The lowest BCUT2D eigenvalue weighted by Gasteiger charge is -2.37. The molecule has 1 aliphatic carbocycles. The van der Waals surface area contributed by atoms with E-state index in [-0.39, 0.29) is 11.6 Å². The number of hydrogen-bond acceptors (Lipinski definition) is 2. The zero-order valence-corrected chi connectivity index (χ0v) is 13.0. The van der Waals surface area contributed by atoms with Crippen LogP contribution in [-0.2, 0) is 4.74 Å². The van der Waals surface area contributed by atoms with Crippen LogP contribution < -0.4 is 5.32 Å². The van der Waals surface area contributed by atoms with Gasteiger partial charge in [-0.25, -0.2) is 0 Å². The first kappa shape index (κ1) is 15.1. The van der Waals surface area contributed by atoms with Gasteiger partial charge in [0.2, 0.25) is 0 Å². The Balaban J connectivity index is 2.41. The Morgan fingerprint density at radius 2 is 2.00 bits per heavy atom. The molecular formula is C15H21Cl2NO. The Morgan fingerprint density at radius 3 is 2.58 bits per heavy atom. The molecule has 1 aromatic carbocycles. The zero-order chi connectivity index (χ0) is 13.9. The van der Waals surface area contributed by atoms with Crippen molar-refractivity contribution < 1.29 is 4.74 Å². The van der Waals surface area contributed by atoms with Gasteiger partial charge in [0.15, 0.2) is 0 Å². The van der Waals surface area contributed by atoms with E-state index >= 15 is 0 Å². The molecule has 0 spiro atoms. The SMILES string of the molecule is CCNC(c1cccc(Cl)c1Cl)C1(OC)CCCC1. The summed E-state index contributed by atoms with van der Waals surface area (Å²) in [6, 6.07) is 5.91. The highest BCUT2D eigenvalue weighted by molar-refractivity contribution is 6.42. The van der Waals surface area contributed by atoms with Crippen LogP contribution in [-0.4, -0.2) is 19.3 Å². The number of methoxy groups -OCH3 is 1. The molecule has 1 N–H and O–H groups in total. The van der Waals surface area contributed by atoms with Crippen molar-refractivity contribution in [3.05, 3.63) is 33.8 Å². The topological polar surface area (TPSA) is 21.3 Å². The van der Waals surface area contributed by atoms with Gasteiger partial charge in [0, 0.05) is 7.11 Å². The van der Waals surface area contributed by atoms with Gasteiger partial charge in [-0.1, -0.05) is 55.1 Å². The van der Waals surface area contributed by atoms with E-state index in [2.05, 4.69) is 12.2 Å². The summed E-state index contributed by atoms with van der Waals surface area (Å²) in [5.41, 5.74) is 0.879. The lowest BCUT2D eigenvalue weighted by Crippen LogP contribution is -2.43. The third kappa shape index (κ3) is 2.92. The van der Waals surface area contributed by atoms with Gasteiger partial charge in [-0.2, -0.15) is 0 Å². The first-order valence-corrected chi connectivity index (χ1v) is 7.62. The normalized spacial score (nSPS) is 19.6. The predicted molar refractivity (Wildman–Crippen MR) is 81.1 cm³/mol. The molecule has 0 amide bonds. The molecule has 1 atom stereocenters. The highest BCUT2D eigenvalue weighted by Gasteiger charge is 2.42. The molecule has 1 saturated carbocycles. The van der Waals surface area contributed by atoms with Gasteiger partial charge in [-0.15, -0.1) is 0 Å². The Bertz CT molecular complexity index is 430. The Kier molecular flexibility index (Phi) is 5.13. The van der Waals surface area contributed by atoms with Crippen LogP contribution in [0.2, 0.25) is 10.0 Å². The Hall–Kier alpha value is -0.280. The van der Waals surface area contributed by atoms with Gasteiger partial charge in [-0.05, 0) is 31.0 Å². The summed E-state index contributed by atoms with van der Waals surface area (Å²) in [6.07, 6.45) is 4.52. The number of hydrogen-bond donors (Lipinski definition) is 1. The van der Waals surface area contributed by atoms with E-state index in [4.69, 9.17) is 27.9 Å². The maximum atomic E-state index is 6.39. The Morgan fingerprint density at radius 1 is 1.32 bits per heavy atom. The number of ether oxygens (including phenoxy) is 1. The molecule has 106 valence electrons. The molecule has 0 bridgehead atoms. The molecule has 0 aliphatic heterocycles. The van der Waals surface area contributed by atoms with E-state index in [1.54, 1.807) is 7.11 Å². The minimum Gasteiger partial charge on any atom is -0.376 e. The lowest BCUT2D eigenvalue weighted by atomic mass is 9.86. The largest absolute Gasteiger partial charge is 0.376 e. The maximum absolute atomic E-state index is 6.39. The molecule has 1 aromatic rings. The minimum atomic E-state index is -0.162. The van der Waals surface area contributed by atoms with Crippen molar-refractivity contribution in [3.63, 3.8) is 0 Å². The number of benzene rings is 1. The third-order valence-corrected chi connectivity index (χ3v) is 4.92. The molecule has 0 heterocycles. The number of rotatable bonds is 5. The smallest absolute Gasteiger partial charge is 0.0873 e. The van der Waals surface area contributed by atoms with Crippen LogP contribution >= 0.6 is 23.2 Å². The second-order valence-corrected chi connectivity index (χ2v) is 5.89. The number of nitrogens with one attached hydrogen (secondary N) is 1. The fraction of sp³-hybridized carbons (Fsp3) is 0.600. The van der Waals surface area contributed by atoms with Crippen molar-refractivity contribution in [3.8, 4) is 0 Å². The molecule has 2 nitrogen and oxygen atoms in total. The van der Waals surface area contributed by atoms with Gasteiger partial charge in [0.05, 0.1) is 21.7 Å². The van der Waals surface area contributed by atoms with Gasteiger partial charge in [0.1, 0.15) is 0 Å². The summed E-state index contributed by atoms with van der Waals surface area (Å²) in [7, 11) is 1.80. The van der Waals surface area contributed by atoms with Crippen molar-refractivity contribution >= 4 is 23.2 Å². The second kappa shape index (κ2) is 6.45. The van der Waals surface area contributed by atoms with Crippen LogP contribution in [0.5, 0.6) is 0 Å². The average molecular weight is 302 g/mol. The van der Waals surface area contributed by atoms with E-state index in [9.17, 15) is 0 Å². The van der Waals surface area contributed by atoms with Gasteiger partial charge >= 0.3 is 0 Å². The molecule has 1 unspecified atom stereocenters. The molecule has 0 aromatic heterocycles. The van der Waals surface area contributed by atoms with Crippen molar-refractivity contribution in [2.24, 2.45) is 0 Å². The first-order valence-electron chi connectivity index (χ1n) is 6.87. The third-order valence-electron chi connectivity index (χ3n) is 4.08. The average Bonchev–Trinajstić information content (AvgIpc) is 2.89. The summed E-state index contributed by atoms with van der Waals surface area (Å²) in [6.45, 7) is 2.97. The van der Waals surface area contributed by atoms with Crippen LogP contribution in [0.4, 0.5) is 0 Å². The highest BCUT2D eigenvalue weighted by atomic mass is 35.5. The van der Waals surface area contributed by atoms with E-state index in [0.29, 0.717) is 10.0 Å². The highest BCUT2D eigenvalue weighted by Crippen LogP contribution is 2.45. The summed E-state index contributed by atoms with van der Waals surface area (Å²) >= 11 is 12.5. The fourth-order valence-corrected chi connectivity index (χ4v) is 3.53.